The van der Waals surface area contributed by atoms with Crippen LogP contribution < -0.4 is 10.0 Å². The van der Waals surface area contributed by atoms with Crippen LogP contribution in [0.2, 0.25) is 0 Å². The van der Waals surface area contributed by atoms with E-state index in [4.69, 9.17) is 0 Å². The molecule has 0 unspecified atom stereocenters. The van der Waals surface area contributed by atoms with Gasteiger partial charge in [-0.15, -0.1) is 0 Å². The van der Waals surface area contributed by atoms with Gasteiger partial charge < -0.3 is 5.32 Å². The van der Waals surface area contributed by atoms with Crippen molar-refractivity contribution in [1.29, 1.82) is 0 Å². The van der Waals surface area contributed by atoms with Crippen LogP contribution in [0.1, 0.15) is 41.3 Å². The molecule has 3 aromatic rings. The van der Waals surface area contributed by atoms with E-state index in [1.165, 1.54) is 30.5 Å². The number of piperidine rings is 1. The van der Waals surface area contributed by atoms with Crippen LogP contribution in [0.4, 0.5) is 11.4 Å². The van der Waals surface area contributed by atoms with Gasteiger partial charge in [-0.3, -0.25) is 14.4 Å². The lowest BCUT2D eigenvalue weighted by Crippen LogP contribution is -2.33. The fraction of sp³-hybridized carbons (Fsp3) is 0.296. The first kappa shape index (κ1) is 24.0. The van der Waals surface area contributed by atoms with E-state index < -0.39 is 10.0 Å². The summed E-state index contributed by atoms with van der Waals surface area (Å²) in [6.45, 7) is 7.28. The highest BCUT2D eigenvalue weighted by Gasteiger charge is 2.17. The van der Waals surface area contributed by atoms with Gasteiger partial charge in [0.2, 0.25) is 0 Å². The van der Waals surface area contributed by atoms with Gasteiger partial charge in [-0.1, -0.05) is 37.3 Å². The van der Waals surface area contributed by atoms with Crippen molar-refractivity contribution >= 4 is 27.3 Å². The molecular formula is C27H31N3O3S. The minimum absolute atomic E-state index is 0.130. The van der Waals surface area contributed by atoms with E-state index in [0.717, 1.165) is 31.1 Å². The van der Waals surface area contributed by atoms with E-state index in [0.29, 0.717) is 16.9 Å². The number of rotatable bonds is 7. The molecule has 1 atom stereocenters. The minimum atomic E-state index is -3.72. The maximum Gasteiger partial charge on any atom is 0.261 e. The van der Waals surface area contributed by atoms with E-state index in [-0.39, 0.29) is 10.8 Å². The second kappa shape index (κ2) is 10.4. The lowest BCUT2D eigenvalue weighted by molar-refractivity contribution is 0.102. The third kappa shape index (κ3) is 6.04. The topological polar surface area (TPSA) is 78.5 Å². The molecule has 0 saturated carbocycles. The summed E-state index contributed by atoms with van der Waals surface area (Å²) < 4.78 is 28.0. The molecule has 1 aliphatic rings. The molecule has 1 saturated heterocycles. The quantitative estimate of drug-likeness (QED) is 0.485. The van der Waals surface area contributed by atoms with Gasteiger partial charge in [-0.25, -0.2) is 8.42 Å². The summed E-state index contributed by atoms with van der Waals surface area (Å²) in [6.07, 6.45) is 2.54. The molecular weight excluding hydrogens is 446 g/mol. The highest BCUT2D eigenvalue weighted by atomic mass is 32.2. The molecule has 0 radical (unpaired) electrons. The smallest absolute Gasteiger partial charge is 0.261 e. The maximum atomic E-state index is 12.7. The van der Waals surface area contributed by atoms with Gasteiger partial charge in [-0.05, 0) is 85.8 Å². The van der Waals surface area contributed by atoms with Crippen LogP contribution in [0.25, 0.3) is 0 Å². The van der Waals surface area contributed by atoms with Crippen molar-refractivity contribution in [3.8, 4) is 0 Å². The Morgan fingerprint density at radius 1 is 1.00 bits per heavy atom. The molecule has 178 valence electrons. The molecule has 7 heteroatoms. The van der Waals surface area contributed by atoms with Gasteiger partial charge in [0.25, 0.3) is 15.9 Å². The molecule has 0 spiro atoms. The van der Waals surface area contributed by atoms with Crippen molar-refractivity contribution < 1.29 is 13.2 Å². The predicted molar refractivity (Wildman–Crippen MR) is 136 cm³/mol. The molecule has 1 heterocycles. The van der Waals surface area contributed by atoms with E-state index in [1.807, 2.05) is 43.3 Å². The summed E-state index contributed by atoms with van der Waals surface area (Å²) >= 11 is 0. The normalized spacial score (nSPS) is 16.7. The van der Waals surface area contributed by atoms with Crippen LogP contribution in [-0.2, 0) is 16.6 Å². The zero-order valence-electron chi connectivity index (χ0n) is 19.6. The third-order valence-electron chi connectivity index (χ3n) is 6.18. The van der Waals surface area contributed by atoms with Crippen LogP contribution in [0.3, 0.4) is 0 Å². The highest BCUT2D eigenvalue weighted by molar-refractivity contribution is 7.92. The summed E-state index contributed by atoms with van der Waals surface area (Å²) in [5.74, 6) is 0.505. The van der Waals surface area contributed by atoms with Crippen molar-refractivity contribution in [2.75, 3.05) is 23.1 Å². The lowest BCUT2D eigenvalue weighted by atomic mass is 9.99. The first-order valence-corrected chi connectivity index (χ1v) is 13.1. The van der Waals surface area contributed by atoms with Crippen LogP contribution in [0, 0.1) is 12.8 Å². The van der Waals surface area contributed by atoms with Crippen LogP contribution in [0.5, 0.6) is 0 Å². The van der Waals surface area contributed by atoms with Gasteiger partial charge in [0.15, 0.2) is 0 Å². The largest absolute Gasteiger partial charge is 0.322 e. The fourth-order valence-electron chi connectivity index (χ4n) is 4.26. The number of nitrogens with zero attached hydrogens (tertiary/aromatic N) is 1. The van der Waals surface area contributed by atoms with Crippen LogP contribution in [0.15, 0.2) is 77.7 Å². The number of nitrogens with one attached hydrogen (secondary N) is 2. The van der Waals surface area contributed by atoms with Gasteiger partial charge >= 0.3 is 0 Å². The van der Waals surface area contributed by atoms with Crippen LogP contribution >= 0.6 is 0 Å². The van der Waals surface area contributed by atoms with Gasteiger partial charge in [0.1, 0.15) is 0 Å². The number of amides is 1. The average molecular weight is 478 g/mol. The van der Waals surface area contributed by atoms with E-state index in [1.54, 1.807) is 24.3 Å². The SMILES string of the molecule is Cc1ccccc1NS(=O)(=O)c1ccc(NC(=O)c2ccc(CN3CCC[C@H](C)C3)cc2)cc1. The average Bonchev–Trinajstić information content (AvgIpc) is 2.81. The number of hydrogen-bond acceptors (Lipinski definition) is 4. The van der Waals surface area contributed by atoms with Gasteiger partial charge in [-0.2, -0.15) is 0 Å². The Morgan fingerprint density at radius 2 is 1.71 bits per heavy atom. The Kier molecular flexibility index (Phi) is 7.34. The number of benzene rings is 3. The van der Waals surface area contributed by atoms with Crippen molar-refractivity contribution in [3.05, 3.63) is 89.5 Å². The Labute approximate surface area is 202 Å². The minimum Gasteiger partial charge on any atom is -0.322 e. The van der Waals surface area contributed by atoms with Crippen molar-refractivity contribution in [2.24, 2.45) is 5.92 Å². The summed E-state index contributed by atoms with van der Waals surface area (Å²) in [5, 5.41) is 2.84. The second-order valence-corrected chi connectivity index (χ2v) is 10.8. The Hall–Kier alpha value is -3.16. The number of aryl methyl sites for hydroxylation is 1. The Bertz CT molecular complexity index is 1240. The Morgan fingerprint density at radius 3 is 2.38 bits per heavy atom. The molecule has 0 bridgehead atoms. The van der Waals surface area contributed by atoms with E-state index >= 15 is 0 Å². The predicted octanol–water partition coefficient (Wildman–Crippen LogP) is 5.28. The molecule has 4 rings (SSSR count). The molecule has 1 fully saturated rings. The standard InChI is InChI=1S/C27H31N3O3S/c1-20-6-5-17-30(18-20)19-22-9-11-23(12-10-22)27(31)28-24-13-15-25(16-14-24)34(32,33)29-26-8-4-3-7-21(26)2/h3-4,7-16,20,29H,5-6,17-19H2,1-2H3,(H,28,31)/t20-/m0/s1. The maximum absolute atomic E-state index is 12.7. The molecule has 2 N–H and O–H groups in total. The number of carbonyl (C=O) groups excluding carboxylic acids is 1. The highest BCUT2D eigenvalue weighted by Crippen LogP contribution is 2.21. The second-order valence-electron chi connectivity index (χ2n) is 9.08. The zero-order valence-corrected chi connectivity index (χ0v) is 20.4. The number of hydrogen-bond donors (Lipinski definition) is 2. The monoisotopic (exact) mass is 477 g/mol. The van der Waals surface area contributed by atoms with E-state index in [2.05, 4.69) is 21.9 Å². The summed E-state index contributed by atoms with van der Waals surface area (Å²) in [4.78, 5) is 15.3. The Balaban J connectivity index is 1.36. The number of para-hydroxylation sites is 1. The molecule has 0 aromatic heterocycles. The van der Waals surface area contributed by atoms with Gasteiger partial charge in [0.05, 0.1) is 10.6 Å². The summed E-state index contributed by atoms with van der Waals surface area (Å²) in [6, 6.07) is 21.0. The van der Waals surface area contributed by atoms with Crippen molar-refractivity contribution in [2.45, 2.75) is 38.1 Å². The molecule has 3 aromatic carbocycles. The third-order valence-corrected chi connectivity index (χ3v) is 7.56. The summed E-state index contributed by atoms with van der Waals surface area (Å²) in [7, 11) is -3.72. The van der Waals surface area contributed by atoms with Crippen LogP contribution in [-0.4, -0.2) is 32.3 Å². The lowest BCUT2D eigenvalue weighted by Gasteiger charge is -2.30. The molecule has 1 amide bonds. The number of carbonyl (C=O) groups is 1. The molecule has 6 nitrogen and oxygen atoms in total. The first-order valence-electron chi connectivity index (χ1n) is 11.6. The first-order chi connectivity index (χ1) is 16.3. The van der Waals surface area contributed by atoms with Gasteiger partial charge in [0, 0.05) is 24.3 Å². The zero-order chi connectivity index (χ0) is 24.1. The number of sulfonamides is 1. The number of likely N-dealkylation sites (tertiary alicyclic amines) is 1. The fourth-order valence-corrected chi connectivity index (χ4v) is 5.39. The summed E-state index contributed by atoms with van der Waals surface area (Å²) in [5.41, 5.74) is 3.67. The van der Waals surface area contributed by atoms with Crippen molar-refractivity contribution in [3.63, 3.8) is 0 Å². The van der Waals surface area contributed by atoms with Crippen molar-refractivity contribution in [1.82, 2.24) is 4.90 Å². The number of anilines is 2. The molecule has 34 heavy (non-hydrogen) atoms. The van der Waals surface area contributed by atoms with E-state index in [9.17, 15) is 13.2 Å². The molecule has 1 aliphatic heterocycles. The molecule has 0 aliphatic carbocycles.